The van der Waals surface area contributed by atoms with Gasteiger partial charge in [0.05, 0.1) is 10.7 Å². The molecule has 0 radical (unpaired) electrons. The van der Waals surface area contributed by atoms with Gasteiger partial charge in [-0.05, 0) is 47.5 Å². The number of hydrogen-bond acceptors (Lipinski definition) is 5. The lowest BCUT2D eigenvalue weighted by atomic mass is 10.2. The highest BCUT2D eigenvalue weighted by molar-refractivity contribution is 9.10. The molecule has 0 aliphatic heterocycles. The molecule has 3 aromatic rings. The number of nitrogens with one attached hydrogen (secondary N) is 1. The lowest BCUT2D eigenvalue weighted by Crippen LogP contribution is -2.24. The maximum atomic E-state index is 12.0. The molecule has 0 fully saturated rings. The summed E-state index contributed by atoms with van der Waals surface area (Å²) in [6.45, 7) is 2.43. The minimum absolute atomic E-state index is 0.185. The molecular formula is C17H16BrN3O2S. The van der Waals surface area contributed by atoms with E-state index in [0.717, 1.165) is 34.7 Å². The van der Waals surface area contributed by atoms with Crippen LogP contribution in [0, 0.1) is 6.92 Å². The molecule has 0 spiro atoms. The number of amides is 1. The number of halogens is 1. The number of carbonyl (C=O) groups excluding carboxylic acids is 1. The smallest absolute Gasteiger partial charge is 0.287 e. The van der Waals surface area contributed by atoms with Crippen molar-refractivity contribution in [3.63, 3.8) is 0 Å². The van der Waals surface area contributed by atoms with Gasteiger partial charge in [0.2, 0.25) is 0 Å². The second kappa shape index (κ2) is 7.72. The van der Waals surface area contributed by atoms with Gasteiger partial charge in [-0.1, -0.05) is 0 Å². The number of hydrogen-bond donors (Lipinski definition) is 1. The molecule has 3 aromatic heterocycles. The van der Waals surface area contributed by atoms with Crippen LogP contribution in [0.4, 0.5) is 0 Å². The predicted octanol–water partition coefficient (Wildman–Crippen LogP) is 4.23. The van der Waals surface area contributed by atoms with E-state index < -0.39 is 0 Å². The number of nitrogens with zero attached hydrogens (tertiary/aromatic N) is 2. The number of furan rings is 1. The van der Waals surface area contributed by atoms with Crippen LogP contribution in [0.2, 0.25) is 0 Å². The normalized spacial score (nSPS) is 10.8. The molecule has 0 saturated heterocycles. The van der Waals surface area contributed by atoms with Crippen LogP contribution in [0.1, 0.15) is 27.5 Å². The van der Waals surface area contributed by atoms with E-state index >= 15 is 0 Å². The Kier molecular flexibility index (Phi) is 5.42. The molecular weight excluding hydrogens is 390 g/mol. The second-order valence-corrected chi connectivity index (χ2v) is 7.01. The highest BCUT2D eigenvalue weighted by Gasteiger charge is 2.14. The fourth-order valence-corrected chi connectivity index (χ4v) is 3.63. The quantitative estimate of drug-likeness (QED) is 0.622. The minimum Gasteiger partial charge on any atom is -0.444 e. The van der Waals surface area contributed by atoms with Crippen LogP contribution in [0.15, 0.2) is 45.1 Å². The summed E-state index contributed by atoms with van der Waals surface area (Å²) in [7, 11) is 0. The molecule has 5 nitrogen and oxygen atoms in total. The van der Waals surface area contributed by atoms with E-state index in [2.05, 4.69) is 31.2 Å². The van der Waals surface area contributed by atoms with Crippen LogP contribution in [0.3, 0.4) is 0 Å². The van der Waals surface area contributed by atoms with Crippen molar-refractivity contribution in [2.24, 2.45) is 0 Å². The van der Waals surface area contributed by atoms with Crippen LogP contribution in [-0.2, 0) is 6.42 Å². The molecule has 3 heterocycles. The summed E-state index contributed by atoms with van der Waals surface area (Å²) in [4.78, 5) is 20.7. The molecule has 0 saturated carbocycles. The number of thiazole rings is 1. The number of carbonyl (C=O) groups is 1. The first-order chi connectivity index (χ1) is 11.6. The van der Waals surface area contributed by atoms with E-state index in [1.807, 2.05) is 24.4 Å². The van der Waals surface area contributed by atoms with Crippen LogP contribution in [0.25, 0.3) is 11.3 Å². The van der Waals surface area contributed by atoms with Gasteiger partial charge in [-0.3, -0.25) is 9.78 Å². The Hall–Kier alpha value is -1.99. The van der Waals surface area contributed by atoms with Crippen molar-refractivity contribution in [3.8, 4) is 11.3 Å². The summed E-state index contributed by atoms with van der Waals surface area (Å²) in [5.74, 6) is 0.172. The zero-order valence-electron chi connectivity index (χ0n) is 13.1. The van der Waals surface area contributed by atoms with Gasteiger partial charge in [-0.2, -0.15) is 0 Å². The summed E-state index contributed by atoms with van der Waals surface area (Å²) < 4.78 is 5.90. The van der Waals surface area contributed by atoms with Crippen LogP contribution in [0.5, 0.6) is 0 Å². The van der Waals surface area contributed by atoms with Crippen molar-refractivity contribution in [1.29, 1.82) is 0 Å². The number of aromatic nitrogens is 2. The maximum Gasteiger partial charge on any atom is 0.287 e. The zero-order valence-corrected chi connectivity index (χ0v) is 15.5. The van der Waals surface area contributed by atoms with E-state index in [0.29, 0.717) is 17.0 Å². The zero-order chi connectivity index (χ0) is 16.9. The van der Waals surface area contributed by atoms with Crippen LogP contribution in [-0.4, -0.2) is 22.4 Å². The van der Waals surface area contributed by atoms with Crippen LogP contribution < -0.4 is 5.32 Å². The molecule has 0 unspecified atom stereocenters. The minimum atomic E-state index is -0.185. The Morgan fingerprint density at radius 1 is 1.38 bits per heavy atom. The van der Waals surface area contributed by atoms with Crippen molar-refractivity contribution in [2.75, 3.05) is 6.54 Å². The van der Waals surface area contributed by atoms with Gasteiger partial charge in [0.15, 0.2) is 10.4 Å². The standard InChI is InChI=1S/C17H16BrN3O2S/c1-11-9-14(18)23-16(11)17(22)20-6-2-3-15-21-13(10-24-15)12-4-7-19-8-5-12/h4-5,7-10H,2-3,6H2,1H3,(H,20,22). The van der Waals surface area contributed by atoms with Gasteiger partial charge >= 0.3 is 0 Å². The average Bonchev–Trinajstić information content (AvgIpc) is 3.18. The summed E-state index contributed by atoms with van der Waals surface area (Å²) in [6, 6.07) is 5.68. The fraction of sp³-hybridized carbons (Fsp3) is 0.235. The number of pyridine rings is 1. The molecule has 3 rings (SSSR count). The second-order valence-electron chi connectivity index (χ2n) is 5.28. The molecule has 0 atom stereocenters. The lowest BCUT2D eigenvalue weighted by Gasteiger charge is -2.02. The summed E-state index contributed by atoms with van der Waals surface area (Å²) >= 11 is 4.86. The third-order valence-electron chi connectivity index (χ3n) is 3.47. The molecule has 1 N–H and O–H groups in total. The molecule has 0 bridgehead atoms. The van der Waals surface area contributed by atoms with Crippen molar-refractivity contribution < 1.29 is 9.21 Å². The van der Waals surface area contributed by atoms with Crippen molar-refractivity contribution in [2.45, 2.75) is 19.8 Å². The molecule has 7 heteroatoms. The first kappa shape index (κ1) is 16.9. The molecule has 24 heavy (non-hydrogen) atoms. The summed E-state index contributed by atoms with van der Waals surface area (Å²) in [5.41, 5.74) is 2.86. The Morgan fingerprint density at radius 2 is 2.17 bits per heavy atom. The van der Waals surface area contributed by atoms with Crippen molar-refractivity contribution in [3.05, 3.63) is 57.0 Å². The molecule has 0 aliphatic carbocycles. The largest absolute Gasteiger partial charge is 0.444 e. The number of aryl methyl sites for hydroxylation is 2. The first-order valence-electron chi connectivity index (χ1n) is 7.52. The van der Waals surface area contributed by atoms with Gasteiger partial charge in [-0.25, -0.2) is 4.98 Å². The topological polar surface area (TPSA) is 68.0 Å². The van der Waals surface area contributed by atoms with Crippen molar-refractivity contribution >= 4 is 33.2 Å². The van der Waals surface area contributed by atoms with E-state index in [1.54, 1.807) is 29.8 Å². The Bertz CT molecular complexity index is 829. The third kappa shape index (κ3) is 4.10. The van der Waals surface area contributed by atoms with E-state index in [1.165, 1.54) is 0 Å². The van der Waals surface area contributed by atoms with Gasteiger partial charge in [0.1, 0.15) is 0 Å². The first-order valence-corrected chi connectivity index (χ1v) is 9.19. The lowest BCUT2D eigenvalue weighted by molar-refractivity contribution is 0.0923. The average molecular weight is 406 g/mol. The number of rotatable bonds is 6. The van der Waals surface area contributed by atoms with E-state index in [-0.39, 0.29) is 5.91 Å². The molecule has 124 valence electrons. The summed E-state index contributed by atoms with van der Waals surface area (Å²) in [6.07, 6.45) is 5.19. The van der Waals surface area contributed by atoms with Gasteiger partial charge in [0.25, 0.3) is 5.91 Å². The monoisotopic (exact) mass is 405 g/mol. The SMILES string of the molecule is Cc1cc(Br)oc1C(=O)NCCCc1nc(-c2ccncc2)cs1. The van der Waals surface area contributed by atoms with Crippen molar-refractivity contribution in [1.82, 2.24) is 15.3 Å². The predicted molar refractivity (Wildman–Crippen MR) is 97.1 cm³/mol. The highest BCUT2D eigenvalue weighted by Crippen LogP contribution is 2.22. The Morgan fingerprint density at radius 3 is 2.88 bits per heavy atom. The highest BCUT2D eigenvalue weighted by atomic mass is 79.9. The molecule has 0 aliphatic rings. The maximum absolute atomic E-state index is 12.0. The van der Waals surface area contributed by atoms with E-state index in [4.69, 9.17) is 4.42 Å². The molecule has 1 amide bonds. The van der Waals surface area contributed by atoms with Gasteiger partial charge in [0, 0.05) is 41.9 Å². The third-order valence-corrected chi connectivity index (χ3v) is 4.77. The summed E-state index contributed by atoms with van der Waals surface area (Å²) in [5, 5.41) is 5.99. The Balaban J connectivity index is 1.48. The van der Waals surface area contributed by atoms with Gasteiger partial charge < -0.3 is 9.73 Å². The van der Waals surface area contributed by atoms with Gasteiger partial charge in [-0.15, -0.1) is 11.3 Å². The van der Waals surface area contributed by atoms with Crippen LogP contribution >= 0.6 is 27.3 Å². The van der Waals surface area contributed by atoms with E-state index in [9.17, 15) is 4.79 Å². The fourth-order valence-electron chi connectivity index (χ4n) is 2.27. The molecule has 0 aromatic carbocycles. The Labute approximate surface area is 152 Å².